The standard InChI is InChI=1S/C32H45F3N4O3/c1-5-25(21-36-26-12-14-27(15-13-26)39-18-16-24(17-19-39)31(41)42-6-2)37-30(40)28(20-22(3)4)38-29(32(33,34)35)23-10-8-7-9-11-23/h7-15,22,24-25,28-29,36,38H,5-6,16-21H2,1-4H3,(H,37,40)/t25-,28-,29-/m0/s1. The van der Waals surface area contributed by atoms with E-state index in [1.54, 1.807) is 18.2 Å². The Labute approximate surface area is 247 Å². The topological polar surface area (TPSA) is 82.7 Å². The lowest BCUT2D eigenvalue weighted by molar-refractivity contribution is -0.161. The van der Waals surface area contributed by atoms with Crippen LogP contribution in [0.2, 0.25) is 0 Å². The van der Waals surface area contributed by atoms with Crippen LogP contribution in [0.5, 0.6) is 0 Å². The van der Waals surface area contributed by atoms with Crippen molar-refractivity contribution in [1.29, 1.82) is 0 Å². The summed E-state index contributed by atoms with van der Waals surface area (Å²) in [5.41, 5.74) is 2.03. The molecular weight excluding hydrogens is 545 g/mol. The van der Waals surface area contributed by atoms with Gasteiger partial charge in [0.1, 0.15) is 6.04 Å². The minimum atomic E-state index is -4.55. The van der Waals surface area contributed by atoms with Crippen LogP contribution in [0, 0.1) is 11.8 Å². The van der Waals surface area contributed by atoms with Crippen LogP contribution >= 0.6 is 0 Å². The number of anilines is 2. The number of amides is 1. The first kappa shape index (κ1) is 33.2. The third-order valence-corrected chi connectivity index (χ3v) is 7.59. The van der Waals surface area contributed by atoms with Gasteiger partial charge in [0.2, 0.25) is 5.91 Å². The van der Waals surface area contributed by atoms with Crippen LogP contribution in [-0.4, -0.2) is 56.4 Å². The van der Waals surface area contributed by atoms with E-state index >= 15 is 0 Å². The number of piperidine rings is 1. The molecule has 42 heavy (non-hydrogen) atoms. The van der Waals surface area contributed by atoms with Crippen LogP contribution < -0.4 is 20.9 Å². The summed E-state index contributed by atoms with van der Waals surface area (Å²) in [4.78, 5) is 27.5. The Morgan fingerprint density at radius 1 is 1.00 bits per heavy atom. The number of carbonyl (C=O) groups is 2. The van der Waals surface area contributed by atoms with E-state index in [1.807, 2.05) is 52.0 Å². The van der Waals surface area contributed by atoms with Gasteiger partial charge in [-0.05, 0) is 68.4 Å². The van der Waals surface area contributed by atoms with Crippen molar-refractivity contribution in [2.75, 3.05) is 36.5 Å². The fourth-order valence-corrected chi connectivity index (χ4v) is 5.21. The highest BCUT2D eigenvalue weighted by molar-refractivity contribution is 5.82. The van der Waals surface area contributed by atoms with E-state index in [-0.39, 0.29) is 35.8 Å². The number of hydrogen-bond donors (Lipinski definition) is 3. The Hall–Kier alpha value is -3.27. The van der Waals surface area contributed by atoms with E-state index < -0.39 is 24.2 Å². The third kappa shape index (κ3) is 9.93. The molecule has 2 aromatic rings. The van der Waals surface area contributed by atoms with Crippen molar-refractivity contribution in [1.82, 2.24) is 10.6 Å². The van der Waals surface area contributed by atoms with Gasteiger partial charge in [0.05, 0.1) is 18.6 Å². The van der Waals surface area contributed by atoms with E-state index in [1.165, 1.54) is 12.1 Å². The number of benzene rings is 2. The lowest BCUT2D eigenvalue weighted by Crippen LogP contribution is -2.52. The monoisotopic (exact) mass is 590 g/mol. The number of alkyl halides is 3. The largest absolute Gasteiger partial charge is 0.466 e. The molecule has 10 heteroatoms. The first-order valence-electron chi connectivity index (χ1n) is 14.9. The van der Waals surface area contributed by atoms with Crippen molar-refractivity contribution in [2.24, 2.45) is 11.8 Å². The van der Waals surface area contributed by atoms with E-state index in [4.69, 9.17) is 4.74 Å². The van der Waals surface area contributed by atoms with E-state index in [0.717, 1.165) is 37.3 Å². The lowest BCUT2D eigenvalue weighted by Gasteiger charge is -2.32. The summed E-state index contributed by atoms with van der Waals surface area (Å²) in [6, 6.07) is 12.4. The number of ether oxygens (including phenoxy) is 1. The molecule has 1 aliphatic heterocycles. The molecule has 1 heterocycles. The summed E-state index contributed by atoms with van der Waals surface area (Å²) in [5, 5.41) is 8.91. The highest BCUT2D eigenvalue weighted by atomic mass is 19.4. The average Bonchev–Trinajstić information content (AvgIpc) is 2.97. The number of hydrogen-bond acceptors (Lipinski definition) is 6. The first-order chi connectivity index (χ1) is 20.0. The molecule has 0 radical (unpaired) electrons. The summed E-state index contributed by atoms with van der Waals surface area (Å²) in [7, 11) is 0. The SMILES string of the molecule is CCOC(=O)C1CCN(c2ccc(NC[C@H](CC)NC(=O)[C@H](CC(C)C)N[C@@H](c3ccccc3)C(F)(F)F)cc2)CC1. The van der Waals surface area contributed by atoms with Gasteiger partial charge in [-0.2, -0.15) is 13.2 Å². The van der Waals surface area contributed by atoms with Crippen LogP contribution in [0.15, 0.2) is 54.6 Å². The Bertz CT molecular complexity index is 1100. The maximum Gasteiger partial charge on any atom is 0.407 e. The average molecular weight is 591 g/mol. The van der Waals surface area contributed by atoms with Gasteiger partial charge in [0, 0.05) is 37.1 Å². The smallest absolute Gasteiger partial charge is 0.407 e. The molecule has 0 bridgehead atoms. The lowest BCUT2D eigenvalue weighted by atomic mass is 9.96. The van der Waals surface area contributed by atoms with Gasteiger partial charge in [-0.15, -0.1) is 0 Å². The van der Waals surface area contributed by atoms with Crippen molar-refractivity contribution in [3.8, 4) is 0 Å². The molecule has 2 aromatic carbocycles. The van der Waals surface area contributed by atoms with Gasteiger partial charge in [-0.1, -0.05) is 51.1 Å². The molecule has 1 aliphatic rings. The fourth-order valence-electron chi connectivity index (χ4n) is 5.21. The van der Waals surface area contributed by atoms with Crippen LogP contribution in [0.3, 0.4) is 0 Å². The van der Waals surface area contributed by atoms with Crippen LogP contribution in [0.4, 0.5) is 24.5 Å². The number of halogens is 3. The number of nitrogens with zero attached hydrogens (tertiary/aromatic N) is 1. The second-order valence-electron chi connectivity index (χ2n) is 11.3. The number of carbonyl (C=O) groups excluding carboxylic acids is 2. The summed E-state index contributed by atoms with van der Waals surface area (Å²) < 4.78 is 47.2. The molecule has 0 saturated carbocycles. The van der Waals surface area contributed by atoms with E-state index in [0.29, 0.717) is 19.6 Å². The zero-order valence-corrected chi connectivity index (χ0v) is 25.0. The number of nitrogens with one attached hydrogen (secondary N) is 3. The van der Waals surface area contributed by atoms with E-state index in [2.05, 4.69) is 20.9 Å². The van der Waals surface area contributed by atoms with Gasteiger partial charge < -0.3 is 20.3 Å². The Morgan fingerprint density at radius 2 is 1.64 bits per heavy atom. The summed E-state index contributed by atoms with van der Waals surface area (Å²) in [5.74, 6) is -0.581. The third-order valence-electron chi connectivity index (χ3n) is 7.59. The summed E-state index contributed by atoms with van der Waals surface area (Å²) in [6.45, 7) is 9.93. The van der Waals surface area contributed by atoms with Crippen molar-refractivity contribution < 1.29 is 27.5 Å². The van der Waals surface area contributed by atoms with Gasteiger partial charge in [-0.25, -0.2) is 0 Å². The molecule has 7 nitrogen and oxygen atoms in total. The highest BCUT2D eigenvalue weighted by Gasteiger charge is 2.43. The van der Waals surface area contributed by atoms with Crippen molar-refractivity contribution in [3.05, 3.63) is 60.2 Å². The summed E-state index contributed by atoms with van der Waals surface area (Å²) >= 11 is 0. The molecule has 0 aliphatic carbocycles. The summed E-state index contributed by atoms with van der Waals surface area (Å²) in [6.07, 6.45) is -2.14. The van der Waals surface area contributed by atoms with Crippen molar-refractivity contribution >= 4 is 23.3 Å². The van der Waals surface area contributed by atoms with Crippen LogP contribution in [0.1, 0.15) is 65.0 Å². The maximum absolute atomic E-state index is 14.0. The predicted octanol–water partition coefficient (Wildman–Crippen LogP) is 6.08. The molecule has 1 amide bonds. The minimum absolute atomic E-state index is 0.0191. The molecule has 3 atom stereocenters. The molecule has 1 fully saturated rings. The Balaban J connectivity index is 1.57. The second kappa shape index (κ2) is 15.8. The molecule has 0 unspecified atom stereocenters. The Morgan fingerprint density at radius 3 is 2.19 bits per heavy atom. The fraction of sp³-hybridized carbons (Fsp3) is 0.562. The molecular formula is C32H45F3N4O3. The van der Waals surface area contributed by atoms with Crippen LogP contribution in [0.25, 0.3) is 0 Å². The van der Waals surface area contributed by atoms with Gasteiger partial charge in [-0.3, -0.25) is 14.9 Å². The Kier molecular flexibility index (Phi) is 12.5. The molecule has 0 spiro atoms. The van der Waals surface area contributed by atoms with Crippen molar-refractivity contribution in [2.45, 2.75) is 77.7 Å². The van der Waals surface area contributed by atoms with Crippen molar-refractivity contribution in [3.63, 3.8) is 0 Å². The normalized spacial score (nSPS) is 16.5. The molecule has 1 saturated heterocycles. The number of esters is 1. The van der Waals surface area contributed by atoms with Gasteiger partial charge >= 0.3 is 12.1 Å². The van der Waals surface area contributed by atoms with E-state index in [9.17, 15) is 22.8 Å². The van der Waals surface area contributed by atoms with Gasteiger partial charge in [0.25, 0.3) is 0 Å². The molecule has 3 rings (SSSR count). The maximum atomic E-state index is 14.0. The molecule has 232 valence electrons. The van der Waals surface area contributed by atoms with Crippen LogP contribution in [-0.2, 0) is 14.3 Å². The predicted molar refractivity (Wildman–Crippen MR) is 160 cm³/mol. The molecule has 3 N–H and O–H groups in total. The second-order valence-corrected chi connectivity index (χ2v) is 11.3. The highest BCUT2D eigenvalue weighted by Crippen LogP contribution is 2.33. The molecule has 0 aromatic heterocycles. The zero-order valence-electron chi connectivity index (χ0n) is 25.0. The quantitative estimate of drug-likeness (QED) is 0.232. The number of rotatable bonds is 14. The minimum Gasteiger partial charge on any atom is -0.466 e. The first-order valence-corrected chi connectivity index (χ1v) is 14.9. The zero-order chi connectivity index (χ0) is 30.7. The van der Waals surface area contributed by atoms with Gasteiger partial charge in [0.15, 0.2) is 0 Å².